The number of nitrogens with one attached hydrogen (secondary N) is 1. The van der Waals surface area contributed by atoms with Gasteiger partial charge in [0.15, 0.2) is 9.84 Å². The highest BCUT2D eigenvalue weighted by Gasteiger charge is 2.30. The number of carbonyl (C=O) groups excluding carboxylic acids is 1. The van der Waals surface area contributed by atoms with E-state index in [4.69, 9.17) is 16.3 Å². The van der Waals surface area contributed by atoms with E-state index in [0.29, 0.717) is 11.3 Å². The van der Waals surface area contributed by atoms with Crippen LogP contribution in [0.5, 0.6) is 5.75 Å². The third-order valence-corrected chi connectivity index (χ3v) is 7.31. The molecule has 170 valence electrons. The second kappa shape index (κ2) is 9.46. The lowest BCUT2D eigenvalue weighted by Gasteiger charge is -2.29. The Morgan fingerprint density at radius 2 is 1.61 bits per heavy atom. The lowest BCUT2D eigenvalue weighted by atomic mass is 10.1. The topological polar surface area (TPSA) is 110 Å². The van der Waals surface area contributed by atoms with Crippen LogP contribution in [0.3, 0.4) is 0 Å². The Bertz CT molecular complexity index is 1160. The van der Waals surface area contributed by atoms with E-state index < -0.39 is 37.9 Å². The minimum atomic E-state index is -3.81. The van der Waals surface area contributed by atoms with Crippen molar-refractivity contribution >= 4 is 43.1 Å². The zero-order valence-corrected chi connectivity index (χ0v) is 20.2. The van der Waals surface area contributed by atoms with Gasteiger partial charge in [0.2, 0.25) is 15.9 Å². The Morgan fingerprint density at radius 3 is 2.06 bits per heavy atom. The number of amides is 1. The Kier molecular flexibility index (Phi) is 7.61. The van der Waals surface area contributed by atoms with Gasteiger partial charge in [-0.25, -0.2) is 16.8 Å². The molecule has 2 aromatic carbocycles. The number of sulfonamides is 1. The predicted octanol–water partition coefficient (Wildman–Crippen LogP) is 2.78. The summed E-state index contributed by atoms with van der Waals surface area (Å²) in [6.45, 7) is 3.18. The van der Waals surface area contributed by atoms with Gasteiger partial charge in [0, 0.05) is 6.26 Å². The molecule has 2 rings (SSSR count). The summed E-state index contributed by atoms with van der Waals surface area (Å²) in [5.41, 5.74) is 0.896. The number of hydrogen-bond acceptors (Lipinski definition) is 6. The summed E-state index contributed by atoms with van der Waals surface area (Å²) in [4.78, 5) is 13.0. The highest BCUT2D eigenvalue weighted by Crippen LogP contribution is 2.31. The minimum Gasteiger partial charge on any atom is -0.495 e. The van der Waals surface area contributed by atoms with E-state index in [9.17, 15) is 21.6 Å². The lowest BCUT2D eigenvalue weighted by Crippen LogP contribution is -2.48. The average Bonchev–Trinajstić information content (AvgIpc) is 2.66. The molecule has 0 saturated heterocycles. The van der Waals surface area contributed by atoms with E-state index in [1.54, 1.807) is 19.1 Å². The van der Waals surface area contributed by atoms with Crippen LogP contribution in [-0.4, -0.2) is 48.4 Å². The zero-order valence-electron chi connectivity index (χ0n) is 17.8. The summed E-state index contributed by atoms with van der Waals surface area (Å²) in [7, 11) is -5.70. The number of rotatable bonds is 8. The molecule has 0 bridgehead atoms. The maximum Gasteiger partial charge on any atom is 0.244 e. The molecule has 0 radical (unpaired) electrons. The first-order valence-electron chi connectivity index (χ1n) is 9.19. The van der Waals surface area contributed by atoms with E-state index in [1.165, 1.54) is 44.4 Å². The SMILES string of the molecule is COc1ccc(N([C@H](C)C(=O)N[C@H](C)c2ccc(S(C)(=O)=O)cc2)S(C)(=O)=O)cc1Cl. The van der Waals surface area contributed by atoms with Crippen molar-refractivity contribution in [3.05, 3.63) is 53.1 Å². The number of halogens is 1. The monoisotopic (exact) mass is 488 g/mol. The Labute approximate surface area is 188 Å². The molecule has 0 fully saturated rings. The molecule has 0 spiro atoms. The fraction of sp³-hybridized carbons (Fsp3) is 0.350. The lowest BCUT2D eigenvalue weighted by molar-refractivity contribution is -0.122. The Hall–Kier alpha value is -2.30. The number of sulfone groups is 1. The van der Waals surface area contributed by atoms with Crippen LogP contribution in [0.2, 0.25) is 5.02 Å². The number of methoxy groups -OCH3 is 1. The number of hydrogen-bond donors (Lipinski definition) is 1. The largest absolute Gasteiger partial charge is 0.495 e. The van der Waals surface area contributed by atoms with Crippen LogP contribution in [0.1, 0.15) is 25.5 Å². The maximum absolute atomic E-state index is 12.9. The molecule has 31 heavy (non-hydrogen) atoms. The van der Waals surface area contributed by atoms with Crippen molar-refractivity contribution < 1.29 is 26.4 Å². The summed E-state index contributed by atoms with van der Waals surface area (Å²) >= 11 is 6.13. The van der Waals surface area contributed by atoms with Crippen molar-refractivity contribution in [3.8, 4) is 5.75 Å². The number of ether oxygens (including phenoxy) is 1. The highest BCUT2D eigenvalue weighted by molar-refractivity contribution is 7.92. The number of carbonyl (C=O) groups is 1. The normalized spacial score (nSPS) is 13.9. The highest BCUT2D eigenvalue weighted by atomic mass is 35.5. The van der Waals surface area contributed by atoms with Crippen molar-refractivity contribution in [2.45, 2.75) is 30.8 Å². The fourth-order valence-electron chi connectivity index (χ4n) is 3.02. The minimum absolute atomic E-state index is 0.169. The van der Waals surface area contributed by atoms with Crippen molar-refractivity contribution in [2.75, 3.05) is 23.9 Å². The van der Waals surface area contributed by atoms with E-state index >= 15 is 0 Å². The van der Waals surface area contributed by atoms with Crippen molar-refractivity contribution in [1.29, 1.82) is 0 Å². The molecule has 0 aromatic heterocycles. The molecule has 0 aliphatic rings. The van der Waals surface area contributed by atoms with Crippen LogP contribution >= 0.6 is 11.6 Å². The van der Waals surface area contributed by atoms with Gasteiger partial charge in [-0.15, -0.1) is 0 Å². The third-order valence-electron chi connectivity index (χ3n) is 4.65. The summed E-state index contributed by atoms with van der Waals surface area (Å²) < 4.78 is 54.2. The molecule has 11 heteroatoms. The second-order valence-corrected chi connectivity index (χ2v) is 11.4. The third kappa shape index (κ3) is 6.11. The molecule has 2 aromatic rings. The van der Waals surface area contributed by atoms with Gasteiger partial charge in [-0.3, -0.25) is 9.10 Å². The molecule has 0 unspecified atom stereocenters. The zero-order chi connectivity index (χ0) is 23.6. The van der Waals surface area contributed by atoms with Crippen LogP contribution < -0.4 is 14.4 Å². The number of anilines is 1. The van der Waals surface area contributed by atoms with Crippen LogP contribution in [0.4, 0.5) is 5.69 Å². The van der Waals surface area contributed by atoms with Gasteiger partial charge in [-0.05, 0) is 49.7 Å². The van der Waals surface area contributed by atoms with E-state index in [1.807, 2.05) is 0 Å². The first kappa shape index (κ1) is 25.0. The molecule has 0 aliphatic carbocycles. The average molecular weight is 489 g/mol. The molecule has 0 aliphatic heterocycles. The molecule has 8 nitrogen and oxygen atoms in total. The summed E-state index contributed by atoms with van der Waals surface area (Å²) in [5.74, 6) is -0.154. The van der Waals surface area contributed by atoms with Crippen molar-refractivity contribution in [2.24, 2.45) is 0 Å². The Balaban J connectivity index is 2.26. The molecule has 0 saturated carbocycles. The van der Waals surface area contributed by atoms with Crippen LogP contribution in [-0.2, 0) is 24.7 Å². The van der Waals surface area contributed by atoms with Gasteiger partial charge in [-0.2, -0.15) is 0 Å². The number of benzene rings is 2. The van der Waals surface area contributed by atoms with Crippen LogP contribution in [0.15, 0.2) is 47.4 Å². The first-order chi connectivity index (χ1) is 14.3. The molecule has 1 N–H and O–H groups in total. The summed E-state index contributed by atoms with van der Waals surface area (Å²) in [5, 5.41) is 2.97. The molecular formula is C20H25ClN2O6S2. The van der Waals surface area contributed by atoms with Crippen LogP contribution in [0, 0.1) is 0 Å². The Morgan fingerprint density at radius 1 is 1.03 bits per heavy atom. The summed E-state index contributed by atoms with van der Waals surface area (Å²) in [6, 6.07) is 9.00. The standard InChI is InChI=1S/C20H25ClN2O6S2/c1-13(15-6-9-17(10-7-15)30(4,25)26)22-20(24)14(2)23(31(5,27)28)16-8-11-19(29-3)18(21)12-16/h6-14H,1-5H3,(H,22,24)/t13-,14-/m1/s1. The van der Waals surface area contributed by atoms with Gasteiger partial charge in [-0.1, -0.05) is 23.7 Å². The van der Waals surface area contributed by atoms with Gasteiger partial charge in [0.1, 0.15) is 11.8 Å². The molecule has 0 heterocycles. The van der Waals surface area contributed by atoms with E-state index in [2.05, 4.69) is 5.32 Å². The molecule has 1 amide bonds. The quantitative estimate of drug-likeness (QED) is 0.611. The molecular weight excluding hydrogens is 464 g/mol. The van der Waals surface area contributed by atoms with Gasteiger partial charge in [0.25, 0.3) is 0 Å². The molecule has 2 atom stereocenters. The van der Waals surface area contributed by atoms with Gasteiger partial charge in [0.05, 0.1) is 35.0 Å². The smallest absolute Gasteiger partial charge is 0.244 e. The van der Waals surface area contributed by atoms with Crippen LogP contribution in [0.25, 0.3) is 0 Å². The second-order valence-electron chi connectivity index (χ2n) is 7.13. The van der Waals surface area contributed by atoms with Crippen molar-refractivity contribution in [3.63, 3.8) is 0 Å². The maximum atomic E-state index is 12.9. The van der Waals surface area contributed by atoms with Crippen molar-refractivity contribution in [1.82, 2.24) is 5.32 Å². The van der Waals surface area contributed by atoms with Gasteiger partial charge >= 0.3 is 0 Å². The van der Waals surface area contributed by atoms with Gasteiger partial charge < -0.3 is 10.1 Å². The number of nitrogens with zero attached hydrogens (tertiary/aromatic N) is 1. The first-order valence-corrected chi connectivity index (χ1v) is 13.3. The predicted molar refractivity (Wildman–Crippen MR) is 121 cm³/mol. The van der Waals surface area contributed by atoms with E-state index in [-0.39, 0.29) is 15.6 Å². The fourth-order valence-corrected chi connectivity index (χ4v) is 5.07. The summed E-state index contributed by atoms with van der Waals surface area (Å²) in [6.07, 6.45) is 2.11. The van der Waals surface area contributed by atoms with E-state index in [0.717, 1.165) is 16.8 Å².